The summed E-state index contributed by atoms with van der Waals surface area (Å²) in [6, 6.07) is 37.7. The topological polar surface area (TPSA) is 48.8 Å². The van der Waals surface area contributed by atoms with Crippen LogP contribution >= 0.6 is 0 Å². The molecular formula is C48H47N5OPt-2. The molecule has 0 saturated carbocycles. The van der Waals surface area contributed by atoms with E-state index in [4.69, 9.17) is 12.5 Å². The smallest absolute Gasteiger partial charge is 0.268 e. The molecule has 4 aromatic heterocycles. The molecule has 0 aliphatic rings. The first-order valence-corrected chi connectivity index (χ1v) is 18.5. The third-order valence-electron chi connectivity index (χ3n) is 9.65. The maximum atomic E-state index is 8.98. The number of imidazole rings is 1. The van der Waals surface area contributed by atoms with Crippen molar-refractivity contribution in [2.45, 2.75) is 79.5 Å². The van der Waals surface area contributed by atoms with E-state index in [9.17, 15) is 0 Å². The number of benzene rings is 4. The molecule has 0 radical (unpaired) electrons. The quantitative estimate of drug-likeness (QED) is 0.123. The molecule has 4 aromatic carbocycles. The van der Waals surface area contributed by atoms with E-state index in [-0.39, 0.29) is 31.9 Å². The number of hydrogen-bond donors (Lipinski definition) is 0. The maximum absolute atomic E-state index is 8.98. The average molecular weight is 907 g/mol. The molecule has 6 nitrogen and oxygen atoms in total. The minimum atomic E-state index is -1.55. The van der Waals surface area contributed by atoms with Gasteiger partial charge >= 0.3 is 0 Å². The number of ether oxygens (including phenoxy) is 1. The number of para-hydroxylation sites is 1. The van der Waals surface area contributed by atoms with E-state index >= 15 is 0 Å². The van der Waals surface area contributed by atoms with Crippen LogP contribution in [0, 0.1) is 23.9 Å². The summed E-state index contributed by atoms with van der Waals surface area (Å²) in [5.41, 5.74) is 7.47. The van der Waals surface area contributed by atoms with Crippen LogP contribution < -0.4 is 9.30 Å². The molecule has 282 valence electrons. The Balaban J connectivity index is 0.00000496. The minimum Gasteiger partial charge on any atom is -0.508 e. The molecule has 7 heteroatoms. The van der Waals surface area contributed by atoms with Gasteiger partial charge in [0, 0.05) is 47.0 Å². The van der Waals surface area contributed by atoms with Gasteiger partial charge in [0.15, 0.2) is 0 Å². The zero-order valence-electron chi connectivity index (χ0n) is 34.9. The van der Waals surface area contributed by atoms with E-state index in [2.05, 4.69) is 124 Å². The molecule has 0 unspecified atom stereocenters. The van der Waals surface area contributed by atoms with E-state index in [1.165, 1.54) is 11.1 Å². The Bertz CT molecular complexity index is 2780. The van der Waals surface area contributed by atoms with Gasteiger partial charge in [-0.05, 0) is 87.4 Å². The van der Waals surface area contributed by atoms with Gasteiger partial charge in [-0.3, -0.25) is 4.57 Å². The van der Waals surface area contributed by atoms with Gasteiger partial charge in [-0.2, -0.15) is 6.07 Å². The zero-order chi connectivity index (χ0) is 39.8. The monoisotopic (exact) mass is 906 g/mol. The van der Waals surface area contributed by atoms with Gasteiger partial charge in [0.05, 0.1) is 16.7 Å². The second kappa shape index (κ2) is 14.2. The molecule has 0 aliphatic carbocycles. The van der Waals surface area contributed by atoms with Crippen LogP contribution in [0.5, 0.6) is 11.5 Å². The van der Waals surface area contributed by atoms with Crippen molar-refractivity contribution >= 4 is 32.8 Å². The molecule has 4 heterocycles. The Kier molecular flexibility index (Phi) is 9.21. The van der Waals surface area contributed by atoms with E-state index < -0.39 is 11.8 Å². The minimum absolute atomic E-state index is 0. The first kappa shape index (κ1) is 35.6. The Hall–Kier alpha value is -5.06. The Morgan fingerprint density at radius 1 is 0.727 bits per heavy atom. The van der Waals surface area contributed by atoms with Crippen molar-refractivity contribution in [3.63, 3.8) is 0 Å². The SMILES string of the molecule is [2H]C([2H])(c1cccc(-[n+]2[c-]n(-c3[c-]c(Oc4[c-]c5c(cc4)c4ccccc4n5-c4cc(C(C)(C)C)ccn4)cnc3)c3ccc(C(C)(C)C)cc32)c1)C(C)(C)C.[Pt]. The van der Waals surface area contributed by atoms with E-state index in [1.807, 2.05) is 72.5 Å². The summed E-state index contributed by atoms with van der Waals surface area (Å²) in [5.74, 6) is 1.78. The van der Waals surface area contributed by atoms with Crippen LogP contribution in [-0.2, 0) is 38.3 Å². The number of rotatable bonds is 6. The third kappa shape index (κ3) is 7.62. The van der Waals surface area contributed by atoms with Gasteiger partial charge in [0.2, 0.25) is 0 Å². The second-order valence-corrected chi connectivity index (χ2v) is 17.1. The fourth-order valence-corrected chi connectivity index (χ4v) is 6.93. The van der Waals surface area contributed by atoms with Gasteiger partial charge < -0.3 is 18.9 Å². The summed E-state index contributed by atoms with van der Waals surface area (Å²) in [5, 5.41) is 2.17. The summed E-state index contributed by atoms with van der Waals surface area (Å²) < 4.78 is 30.5. The van der Waals surface area contributed by atoms with Gasteiger partial charge in [-0.15, -0.1) is 23.6 Å². The molecule has 0 fully saturated rings. The first-order valence-electron chi connectivity index (χ1n) is 19.5. The summed E-state index contributed by atoms with van der Waals surface area (Å²) in [4.78, 5) is 9.39. The molecule has 0 spiro atoms. The molecule has 0 bridgehead atoms. The summed E-state index contributed by atoms with van der Waals surface area (Å²) >= 11 is 0. The fraction of sp³-hybridized carbons (Fsp3) is 0.271. The molecule has 55 heavy (non-hydrogen) atoms. The Labute approximate surface area is 341 Å². The summed E-state index contributed by atoms with van der Waals surface area (Å²) in [7, 11) is 0. The van der Waals surface area contributed by atoms with Gasteiger partial charge in [0.25, 0.3) is 6.33 Å². The Morgan fingerprint density at radius 3 is 2.25 bits per heavy atom. The van der Waals surface area contributed by atoms with Crippen molar-refractivity contribution in [2.24, 2.45) is 5.41 Å². The van der Waals surface area contributed by atoms with Crippen molar-refractivity contribution < 1.29 is 33.1 Å². The second-order valence-electron chi connectivity index (χ2n) is 17.1. The predicted molar refractivity (Wildman–Crippen MR) is 218 cm³/mol. The zero-order valence-corrected chi connectivity index (χ0v) is 35.1. The molecular weight excluding hydrogens is 858 g/mol. The van der Waals surface area contributed by atoms with Gasteiger partial charge in [-0.25, -0.2) is 4.98 Å². The number of hydrogen-bond acceptors (Lipinski definition) is 3. The van der Waals surface area contributed by atoms with Crippen LogP contribution in [0.2, 0.25) is 0 Å². The average Bonchev–Trinajstić information content (AvgIpc) is 3.70. The van der Waals surface area contributed by atoms with Gasteiger partial charge in [-0.1, -0.05) is 122 Å². The van der Waals surface area contributed by atoms with Crippen LogP contribution in [0.1, 0.15) is 81.7 Å². The third-order valence-corrected chi connectivity index (χ3v) is 9.65. The van der Waals surface area contributed by atoms with Crippen LogP contribution in [-0.4, -0.2) is 19.1 Å². The largest absolute Gasteiger partial charge is 0.508 e. The molecule has 0 amide bonds. The van der Waals surface area contributed by atoms with Crippen molar-refractivity contribution in [1.29, 1.82) is 0 Å². The number of fused-ring (bicyclic) bond motifs is 4. The number of aromatic nitrogens is 5. The van der Waals surface area contributed by atoms with Crippen LogP contribution in [0.25, 0.3) is 50.0 Å². The molecule has 8 rings (SSSR count). The van der Waals surface area contributed by atoms with Crippen LogP contribution in [0.3, 0.4) is 0 Å². The standard InChI is InChI=1S/C48H47N5O.Pt/c1-46(2,3)28-32-13-12-14-35(23-32)51-31-52(42-20-17-33(24-44(42)51)47(4,5)6)36-26-38(30-49-29-36)54-37-18-19-40-39-15-10-11-16-41(39)53(43(40)27-37)45-25-34(21-22-50-45)48(7,8)9;/h10-25,29-30H,28H2,1-9H3;/q-2;/i28D2;. The van der Waals surface area contributed by atoms with Crippen molar-refractivity contribution in [3.8, 4) is 28.7 Å². The summed E-state index contributed by atoms with van der Waals surface area (Å²) in [6.45, 7) is 19.0. The Morgan fingerprint density at radius 2 is 1.49 bits per heavy atom. The molecule has 8 aromatic rings. The maximum Gasteiger partial charge on any atom is 0.268 e. The van der Waals surface area contributed by atoms with E-state index in [0.717, 1.165) is 44.3 Å². The van der Waals surface area contributed by atoms with E-state index in [0.29, 0.717) is 22.7 Å². The van der Waals surface area contributed by atoms with Crippen molar-refractivity contribution in [2.75, 3.05) is 0 Å². The van der Waals surface area contributed by atoms with Gasteiger partial charge in [0.1, 0.15) is 5.82 Å². The van der Waals surface area contributed by atoms with Crippen molar-refractivity contribution in [3.05, 3.63) is 145 Å². The molecule has 0 saturated heterocycles. The van der Waals surface area contributed by atoms with Crippen LogP contribution in [0.4, 0.5) is 0 Å². The van der Waals surface area contributed by atoms with Crippen molar-refractivity contribution in [1.82, 2.24) is 19.1 Å². The summed E-state index contributed by atoms with van der Waals surface area (Å²) in [6.07, 6.45) is 7.28. The molecule has 0 aliphatic heterocycles. The number of nitrogens with zero attached hydrogens (tertiary/aromatic N) is 5. The van der Waals surface area contributed by atoms with Crippen LogP contribution in [0.15, 0.2) is 110 Å². The van der Waals surface area contributed by atoms with E-state index in [1.54, 1.807) is 12.4 Å². The normalized spacial score (nSPS) is 13.2. The predicted octanol–water partition coefficient (Wildman–Crippen LogP) is 11.2. The number of pyridine rings is 2. The molecule has 0 N–H and O–H groups in total. The molecule has 0 atom stereocenters. The fourth-order valence-electron chi connectivity index (χ4n) is 6.93. The first-order chi connectivity index (χ1) is 26.4.